The topological polar surface area (TPSA) is 47.3 Å². The zero-order chi connectivity index (χ0) is 10.8. The van der Waals surface area contributed by atoms with Gasteiger partial charge in [0.1, 0.15) is 5.82 Å². The van der Waals surface area contributed by atoms with Crippen LogP contribution in [0.4, 0.5) is 15.8 Å². The van der Waals surface area contributed by atoms with E-state index in [4.69, 9.17) is 10.5 Å². The predicted molar refractivity (Wildman–Crippen MR) is 58.3 cm³/mol. The Balaban J connectivity index is 2.12. The number of rotatable bonds is 2. The van der Waals surface area contributed by atoms with Gasteiger partial charge in [-0.3, -0.25) is 0 Å². The minimum Gasteiger partial charge on any atom is -0.397 e. The molecule has 3 nitrogen and oxygen atoms in total. The second-order valence-corrected chi connectivity index (χ2v) is 3.85. The van der Waals surface area contributed by atoms with Crippen LogP contribution >= 0.6 is 0 Å². The molecule has 0 radical (unpaired) electrons. The van der Waals surface area contributed by atoms with Crippen LogP contribution in [-0.2, 0) is 4.74 Å². The first-order valence-electron chi connectivity index (χ1n) is 5.10. The first kappa shape index (κ1) is 10.2. The van der Waals surface area contributed by atoms with Crippen molar-refractivity contribution in [1.29, 1.82) is 0 Å². The van der Waals surface area contributed by atoms with E-state index in [0.29, 0.717) is 11.4 Å². The second kappa shape index (κ2) is 4.06. The van der Waals surface area contributed by atoms with Gasteiger partial charge in [0.15, 0.2) is 0 Å². The molecule has 82 valence electrons. The van der Waals surface area contributed by atoms with Crippen LogP contribution in [0.2, 0.25) is 0 Å². The van der Waals surface area contributed by atoms with Crippen molar-refractivity contribution in [2.75, 3.05) is 17.7 Å². The zero-order valence-corrected chi connectivity index (χ0v) is 8.66. The number of hydrogen-bond donors (Lipinski definition) is 2. The monoisotopic (exact) mass is 210 g/mol. The van der Waals surface area contributed by atoms with Gasteiger partial charge in [0.05, 0.1) is 23.5 Å². The van der Waals surface area contributed by atoms with E-state index in [0.717, 1.165) is 13.0 Å². The van der Waals surface area contributed by atoms with Crippen LogP contribution in [0.3, 0.4) is 0 Å². The van der Waals surface area contributed by atoms with Gasteiger partial charge >= 0.3 is 0 Å². The largest absolute Gasteiger partial charge is 0.397 e. The summed E-state index contributed by atoms with van der Waals surface area (Å²) in [7, 11) is 0. The molecule has 0 aliphatic carbocycles. The number of ether oxygens (including phenoxy) is 1. The van der Waals surface area contributed by atoms with E-state index in [1.807, 2.05) is 6.92 Å². The molecule has 2 unspecified atom stereocenters. The van der Waals surface area contributed by atoms with E-state index in [2.05, 4.69) is 5.32 Å². The van der Waals surface area contributed by atoms with Crippen LogP contribution in [0.1, 0.15) is 13.3 Å². The molecule has 2 atom stereocenters. The molecule has 1 aliphatic heterocycles. The van der Waals surface area contributed by atoms with Gasteiger partial charge in [0.25, 0.3) is 0 Å². The Morgan fingerprint density at radius 1 is 1.53 bits per heavy atom. The highest BCUT2D eigenvalue weighted by Gasteiger charge is 2.24. The van der Waals surface area contributed by atoms with Crippen LogP contribution in [0, 0.1) is 5.82 Å². The number of nitrogens with two attached hydrogens (primary N) is 1. The van der Waals surface area contributed by atoms with E-state index in [1.54, 1.807) is 6.07 Å². The summed E-state index contributed by atoms with van der Waals surface area (Å²) in [6.45, 7) is 2.74. The smallest absolute Gasteiger partial charge is 0.125 e. The summed E-state index contributed by atoms with van der Waals surface area (Å²) in [5, 5.41) is 3.21. The lowest BCUT2D eigenvalue weighted by Crippen LogP contribution is -2.27. The molecule has 3 N–H and O–H groups in total. The van der Waals surface area contributed by atoms with Crippen molar-refractivity contribution in [2.45, 2.75) is 25.5 Å². The van der Waals surface area contributed by atoms with E-state index in [1.165, 1.54) is 12.1 Å². The highest BCUT2D eigenvalue weighted by atomic mass is 19.1. The normalized spacial score (nSPS) is 25.5. The van der Waals surface area contributed by atoms with Gasteiger partial charge in [0, 0.05) is 6.61 Å². The third kappa shape index (κ3) is 2.21. The third-order valence-electron chi connectivity index (χ3n) is 2.73. The molecular formula is C11H15FN2O. The lowest BCUT2D eigenvalue weighted by atomic mass is 10.1. The molecular weight excluding hydrogens is 195 g/mol. The number of hydrogen-bond acceptors (Lipinski definition) is 3. The summed E-state index contributed by atoms with van der Waals surface area (Å²) in [5.41, 5.74) is 6.96. The van der Waals surface area contributed by atoms with Crippen LogP contribution in [0.15, 0.2) is 18.2 Å². The number of nitrogen functional groups attached to an aromatic ring is 1. The van der Waals surface area contributed by atoms with E-state index in [-0.39, 0.29) is 18.0 Å². The SMILES string of the molecule is CC1OCCC1Nc1cc(F)ccc1N. The lowest BCUT2D eigenvalue weighted by molar-refractivity contribution is 0.121. The Hall–Kier alpha value is -1.29. The summed E-state index contributed by atoms with van der Waals surface area (Å²) in [4.78, 5) is 0. The maximum Gasteiger partial charge on any atom is 0.125 e. The van der Waals surface area contributed by atoms with Crippen molar-refractivity contribution in [1.82, 2.24) is 0 Å². The fraction of sp³-hybridized carbons (Fsp3) is 0.455. The average molecular weight is 210 g/mol. The molecule has 15 heavy (non-hydrogen) atoms. The van der Waals surface area contributed by atoms with Gasteiger partial charge < -0.3 is 15.8 Å². The molecule has 4 heteroatoms. The highest BCUT2D eigenvalue weighted by molar-refractivity contribution is 5.66. The predicted octanol–water partition coefficient (Wildman–Crippen LogP) is 2.00. The van der Waals surface area contributed by atoms with Gasteiger partial charge in [-0.25, -0.2) is 4.39 Å². The first-order chi connectivity index (χ1) is 7.16. The summed E-state index contributed by atoms with van der Waals surface area (Å²) < 4.78 is 18.4. The summed E-state index contributed by atoms with van der Waals surface area (Å²) in [6.07, 6.45) is 1.07. The molecule has 1 heterocycles. The van der Waals surface area contributed by atoms with E-state index < -0.39 is 0 Å². The Morgan fingerprint density at radius 2 is 2.33 bits per heavy atom. The second-order valence-electron chi connectivity index (χ2n) is 3.85. The van der Waals surface area contributed by atoms with Gasteiger partial charge in [-0.15, -0.1) is 0 Å². The van der Waals surface area contributed by atoms with E-state index in [9.17, 15) is 4.39 Å². The van der Waals surface area contributed by atoms with Crippen molar-refractivity contribution in [3.8, 4) is 0 Å². The van der Waals surface area contributed by atoms with Crippen LogP contribution in [0.5, 0.6) is 0 Å². The van der Waals surface area contributed by atoms with Crippen molar-refractivity contribution < 1.29 is 9.13 Å². The summed E-state index contributed by atoms with van der Waals surface area (Å²) in [6, 6.07) is 4.56. The van der Waals surface area contributed by atoms with Crippen LogP contribution in [-0.4, -0.2) is 18.8 Å². The summed E-state index contributed by atoms with van der Waals surface area (Å²) in [5.74, 6) is -0.279. The Bertz CT molecular complexity index is 356. The van der Waals surface area contributed by atoms with Crippen LogP contribution < -0.4 is 11.1 Å². The molecule has 0 spiro atoms. The third-order valence-corrected chi connectivity index (χ3v) is 2.73. The maximum absolute atomic E-state index is 13.0. The molecule has 1 saturated heterocycles. The average Bonchev–Trinajstić information content (AvgIpc) is 2.58. The van der Waals surface area contributed by atoms with Gasteiger partial charge in [-0.05, 0) is 31.5 Å². The number of anilines is 2. The molecule has 1 aromatic rings. The number of nitrogens with one attached hydrogen (secondary N) is 1. The van der Waals surface area contributed by atoms with Gasteiger partial charge in [-0.1, -0.05) is 0 Å². The molecule has 1 fully saturated rings. The Kier molecular flexibility index (Phi) is 2.77. The quantitative estimate of drug-likeness (QED) is 0.734. The molecule has 0 amide bonds. The maximum atomic E-state index is 13.0. The Labute approximate surface area is 88.4 Å². The molecule has 0 aromatic heterocycles. The molecule has 0 bridgehead atoms. The fourth-order valence-corrected chi connectivity index (χ4v) is 1.77. The van der Waals surface area contributed by atoms with Gasteiger partial charge in [-0.2, -0.15) is 0 Å². The molecule has 2 rings (SSSR count). The number of halogens is 1. The number of benzene rings is 1. The summed E-state index contributed by atoms with van der Waals surface area (Å²) >= 11 is 0. The molecule has 1 aliphatic rings. The van der Waals surface area contributed by atoms with Crippen LogP contribution in [0.25, 0.3) is 0 Å². The van der Waals surface area contributed by atoms with Crippen molar-refractivity contribution in [2.24, 2.45) is 0 Å². The molecule has 0 saturated carbocycles. The molecule has 1 aromatic carbocycles. The highest BCUT2D eigenvalue weighted by Crippen LogP contribution is 2.24. The minimum absolute atomic E-state index is 0.146. The van der Waals surface area contributed by atoms with Crippen molar-refractivity contribution in [3.63, 3.8) is 0 Å². The van der Waals surface area contributed by atoms with E-state index >= 15 is 0 Å². The lowest BCUT2D eigenvalue weighted by Gasteiger charge is -2.18. The van der Waals surface area contributed by atoms with Crippen molar-refractivity contribution in [3.05, 3.63) is 24.0 Å². The van der Waals surface area contributed by atoms with Crippen molar-refractivity contribution >= 4 is 11.4 Å². The minimum atomic E-state index is -0.279. The van der Waals surface area contributed by atoms with Gasteiger partial charge in [0.2, 0.25) is 0 Å². The fourth-order valence-electron chi connectivity index (χ4n) is 1.77. The zero-order valence-electron chi connectivity index (χ0n) is 8.66. The Morgan fingerprint density at radius 3 is 3.00 bits per heavy atom. The standard InChI is InChI=1S/C11H15FN2O/c1-7-10(4-5-15-7)14-11-6-8(12)2-3-9(11)13/h2-3,6-7,10,14H,4-5,13H2,1H3. The first-order valence-corrected chi connectivity index (χ1v) is 5.10.